The van der Waals surface area contributed by atoms with Gasteiger partial charge in [0.15, 0.2) is 0 Å². The molecule has 0 amide bonds. The SMILES string of the molecule is CCCNCc1cc(=O)[nH]c(C2CC3CCC(C2)N3C)n1. The van der Waals surface area contributed by atoms with Crippen LogP contribution in [0.25, 0.3) is 0 Å². The molecule has 1 aromatic heterocycles. The summed E-state index contributed by atoms with van der Waals surface area (Å²) >= 11 is 0. The molecule has 2 N–H and O–H groups in total. The van der Waals surface area contributed by atoms with Crippen molar-refractivity contribution in [2.75, 3.05) is 13.6 Å². The minimum Gasteiger partial charge on any atom is -0.311 e. The molecule has 21 heavy (non-hydrogen) atoms. The quantitative estimate of drug-likeness (QED) is 0.809. The van der Waals surface area contributed by atoms with Gasteiger partial charge in [-0.15, -0.1) is 0 Å². The van der Waals surface area contributed by atoms with Crippen molar-refractivity contribution in [3.63, 3.8) is 0 Å². The molecule has 2 bridgehead atoms. The fraction of sp³-hybridized carbons (Fsp3) is 0.750. The van der Waals surface area contributed by atoms with Gasteiger partial charge in [-0.05, 0) is 45.7 Å². The molecule has 116 valence electrons. The van der Waals surface area contributed by atoms with E-state index in [1.54, 1.807) is 6.07 Å². The second-order valence-corrected chi connectivity index (χ2v) is 6.52. The van der Waals surface area contributed by atoms with Crippen LogP contribution in [0.3, 0.4) is 0 Å². The van der Waals surface area contributed by atoms with E-state index >= 15 is 0 Å². The molecule has 0 saturated carbocycles. The Kier molecular flexibility index (Phi) is 4.40. The Labute approximate surface area is 126 Å². The van der Waals surface area contributed by atoms with Gasteiger partial charge in [0.25, 0.3) is 5.56 Å². The molecule has 2 fully saturated rings. The number of aromatic amines is 1. The lowest BCUT2D eigenvalue weighted by molar-refractivity contribution is 0.158. The lowest BCUT2D eigenvalue weighted by Crippen LogP contribution is -2.39. The highest BCUT2D eigenvalue weighted by Crippen LogP contribution is 2.40. The molecule has 2 saturated heterocycles. The predicted octanol–water partition coefficient (Wildman–Crippen LogP) is 1.61. The first-order valence-corrected chi connectivity index (χ1v) is 8.20. The maximum Gasteiger partial charge on any atom is 0.251 e. The third-order valence-electron chi connectivity index (χ3n) is 5.03. The normalized spacial score (nSPS) is 29.0. The summed E-state index contributed by atoms with van der Waals surface area (Å²) in [6.07, 6.45) is 5.93. The predicted molar refractivity (Wildman–Crippen MR) is 83.4 cm³/mol. The fourth-order valence-electron chi connectivity index (χ4n) is 3.84. The molecule has 5 nitrogen and oxygen atoms in total. The first-order chi connectivity index (χ1) is 10.2. The molecule has 2 atom stereocenters. The minimum atomic E-state index is -0.0143. The zero-order valence-electron chi connectivity index (χ0n) is 13.1. The molecule has 5 heteroatoms. The largest absolute Gasteiger partial charge is 0.311 e. The standard InChI is InChI=1S/C16H26N4O/c1-3-6-17-10-12-9-15(21)19-16(18-12)11-7-13-4-5-14(8-11)20(13)2/h9,11,13-14,17H,3-8,10H2,1-2H3,(H,18,19,21). The van der Waals surface area contributed by atoms with E-state index in [0.717, 1.165) is 37.3 Å². The molecule has 2 aliphatic heterocycles. The maximum atomic E-state index is 11.9. The Morgan fingerprint density at radius 2 is 2.10 bits per heavy atom. The second kappa shape index (κ2) is 6.28. The molecule has 0 radical (unpaired) electrons. The number of nitrogens with zero attached hydrogens (tertiary/aromatic N) is 2. The Morgan fingerprint density at radius 1 is 1.38 bits per heavy atom. The Morgan fingerprint density at radius 3 is 2.76 bits per heavy atom. The van der Waals surface area contributed by atoms with Gasteiger partial charge in [0.05, 0.1) is 5.69 Å². The summed E-state index contributed by atoms with van der Waals surface area (Å²) in [5.41, 5.74) is 0.855. The average molecular weight is 290 g/mol. The van der Waals surface area contributed by atoms with Crippen LogP contribution >= 0.6 is 0 Å². The van der Waals surface area contributed by atoms with Crippen LogP contribution in [0.1, 0.15) is 56.5 Å². The average Bonchev–Trinajstić information content (AvgIpc) is 2.69. The van der Waals surface area contributed by atoms with Gasteiger partial charge < -0.3 is 15.2 Å². The lowest BCUT2D eigenvalue weighted by atomic mass is 9.90. The van der Waals surface area contributed by atoms with Gasteiger partial charge in [0, 0.05) is 30.6 Å². The van der Waals surface area contributed by atoms with Crippen LogP contribution < -0.4 is 10.9 Å². The molecular weight excluding hydrogens is 264 g/mol. The van der Waals surface area contributed by atoms with Crippen LogP contribution in [0.4, 0.5) is 0 Å². The van der Waals surface area contributed by atoms with Crippen LogP contribution in [-0.4, -0.2) is 40.5 Å². The number of fused-ring (bicyclic) bond motifs is 2. The number of nitrogens with one attached hydrogen (secondary N) is 2. The summed E-state index contributed by atoms with van der Waals surface area (Å²) in [5.74, 6) is 1.32. The van der Waals surface area contributed by atoms with E-state index in [-0.39, 0.29) is 5.56 Å². The maximum absolute atomic E-state index is 11.9. The van der Waals surface area contributed by atoms with E-state index in [1.807, 2.05) is 0 Å². The minimum absolute atomic E-state index is 0.0143. The fourth-order valence-corrected chi connectivity index (χ4v) is 3.84. The number of hydrogen-bond acceptors (Lipinski definition) is 4. The first kappa shape index (κ1) is 14.7. The van der Waals surface area contributed by atoms with E-state index < -0.39 is 0 Å². The van der Waals surface area contributed by atoms with Crippen molar-refractivity contribution in [3.8, 4) is 0 Å². The van der Waals surface area contributed by atoms with Crippen molar-refractivity contribution in [3.05, 3.63) is 27.9 Å². The highest BCUT2D eigenvalue weighted by atomic mass is 16.1. The smallest absolute Gasteiger partial charge is 0.251 e. The van der Waals surface area contributed by atoms with Crippen LogP contribution in [0.2, 0.25) is 0 Å². The van der Waals surface area contributed by atoms with Crippen LogP contribution in [-0.2, 0) is 6.54 Å². The molecule has 2 unspecified atom stereocenters. The van der Waals surface area contributed by atoms with Gasteiger partial charge in [0.2, 0.25) is 0 Å². The summed E-state index contributed by atoms with van der Waals surface area (Å²) in [5, 5.41) is 3.32. The summed E-state index contributed by atoms with van der Waals surface area (Å²) < 4.78 is 0. The molecule has 0 spiro atoms. The van der Waals surface area contributed by atoms with Crippen LogP contribution in [0.5, 0.6) is 0 Å². The van der Waals surface area contributed by atoms with Gasteiger partial charge in [-0.25, -0.2) is 4.98 Å². The van der Waals surface area contributed by atoms with Gasteiger partial charge in [-0.2, -0.15) is 0 Å². The Bertz CT molecular complexity index is 527. The Balaban J connectivity index is 1.74. The highest BCUT2D eigenvalue weighted by Gasteiger charge is 2.39. The number of hydrogen-bond donors (Lipinski definition) is 2. The number of H-pyrrole nitrogens is 1. The van der Waals surface area contributed by atoms with Gasteiger partial charge >= 0.3 is 0 Å². The van der Waals surface area contributed by atoms with Gasteiger partial charge in [-0.1, -0.05) is 6.92 Å². The van der Waals surface area contributed by atoms with Crippen molar-refractivity contribution in [2.45, 2.75) is 63.6 Å². The topological polar surface area (TPSA) is 61.0 Å². The lowest BCUT2D eigenvalue weighted by Gasteiger charge is -2.35. The number of rotatable bonds is 5. The molecule has 2 aliphatic rings. The first-order valence-electron chi connectivity index (χ1n) is 8.20. The van der Waals surface area contributed by atoms with Crippen LogP contribution in [0.15, 0.2) is 10.9 Å². The van der Waals surface area contributed by atoms with Gasteiger partial charge in [0.1, 0.15) is 5.82 Å². The number of aromatic nitrogens is 2. The molecule has 1 aromatic rings. The highest BCUT2D eigenvalue weighted by molar-refractivity contribution is 5.10. The molecule has 3 rings (SSSR count). The third-order valence-corrected chi connectivity index (χ3v) is 5.03. The van der Waals surface area contributed by atoms with Crippen LogP contribution in [0, 0.1) is 0 Å². The van der Waals surface area contributed by atoms with E-state index in [1.165, 1.54) is 12.8 Å². The summed E-state index contributed by atoms with van der Waals surface area (Å²) in [6, 6.07) is 2.96. The van der Waals surface area contributed by atoms with Crippen molar-refractivity contribution < 1.29 is 0 Å². The molecule has 3 heterocycles. The third kappa shape index (κ3) is 3.19. The van der Waals surface area contributed by atoms with E-state index in [4.69, 9.17) is 4.98 Å². The second-order valence-electron chi connectivity index (χ2n) is 6.52. The summed E-state index contributed by atoms with van der Waals surface area (Å²) in [4.78, 5) is 22.1. The summed E-state index contributed by atoms with van der Waals surface area (Å²) in [7, 11) is 2.24. The van der Waals surface area contributed by atoms with E-state index in [2.05, 4.69) is 29.2 Å². The zero-order valence-corrected chi connectivity index (χ0v) is 13.1. The van der Waals surface area contributed by atoms with Crippen molar-refractivity contribution in [1.29, 1.82) is 0 Å². The Hall–Kier alpha value is -1.20. The van der Waals surface area contributed by atoms with Gasteiger partial charge in [-0.3, -0.25) is 4.79 Å². The number of piperidine rings is 1. The molecular formula is C16H26N4O. The molecule has 0 aliphatic carbocycles. The van der Waals surface area contributed by atoms with Crippen molar-refractivity contribution in [1.82, 2.24) is 20.2 Å². The monoisotopic (exact) mass is 290 g/mol. The molecule has 0 aromatic carbocycles. The summed E-state index contributed by atoms with van der Waals surface area (Å²) in [6.45, 7) is 3.78. The zero-order chi connectivity index (χ0) is 14.8. The van der Waals surface area contributed by atoms with E-state index in [9.17, 15) is 4.79 Å². The van der Waals surface area contributed by atoms with E-state index in [0.29, 0.717) is 24.5 Å². The van der Waals surface area contributed by atoms with Crippen molar-refractivity contribution in [2.24, 2.45) is 0 Å². The van der Waals surface area contributed by atoms with Crippen molar-refractivity contribution >= 4 is 0 Å².